The second kappa shape index (κ2) is 9.47. The van der Waals surface area contributed by atoms with Crippen molar-refractivity contribution in [3.05, 3.63) is 75.8 Å². The van der Waals surface area contributed by atoms with Gasteiger partial charge in [0.2, 0.25) is 6.54 Å². The summed E-state index contributed by atoms with van der Waals surface area (Å²) < 4.78 is 10.2. The van der Waals surface area contributed by atoms with Crippen LogP contribution in [0.5, 0.6) is 5.75 Å². The fraction of sp³-hybridized carbons (Fsp3) is 0.300. The molecule has 2 aromatic carbocycles. The summed E-state index contributed by atoms with van der Waals surface area (Å²) in [5, 5.41) is 11.3. The van der Waals surface area contributed by atoms with Gasteiger partial charge in [0, 0.05) is 10.5 Å². The number of carbonyl (C=O) groups excluding carboxylic acids is 2. The van der Waals surface area contributed by atoms with Crippen LogP contribution in [-0.2, 0) is 9.53 Å². The number of carbonyl (C=O) groups is 2. The van der Waals surface area contributed by atoms with E-state index in [1.807, 2.05) is 0 Å². The zero-order valence-corrected chi connectivity index (χ0v) is 15.2. The molecule has 7 nitrogen and oxygen atoms in total. The van der Waals surface area contributed by atoms with Gasteiger partial charge in [-0.05, 0) is 24.6 Å². The summed E-state index contributed by atoms with van der Waals surface area (Å²) >= 11 is 0. The maximum absolute atomic E-state index is 13.0. The van der Waals surface area contributed by atoms with Crippen LogP contribution in [-0.4, -0.2) is 36.9 Å². The van der Waals surface area contributed by atoms with Gasteiger partial charge >= 0.3 is 5.97 Å². The number of Topliss-reactive ketones (excluding diaryl/α,β-unsaturated/α-hetero) is 1. The van der Waals surface area contributed by atoms with Crippen molar-refractivity contribution in [2.24, 2.45) is 5.92 Å². The Bertz CT molecular complexity index is 788. The van der Waals surface area contributed by atoms with Gasteiger partial charge in [-0.1, -0.05) is 42.5 Å². The highest BCUT2D eigenvalue weighted by atomic mass is 16.6. The number of benzene rings is 2. The van der Waals surface area contributed by atoms with Gasteiger partial charge in [0.15, 0.2) is 5.78 Å². The molecule has 0 saturated heterocycles. The largest absolute Gasteiger partial charge is 0.497 e. The van der Waals surface area contributed by atoms with E-state index in [2.05, 4.69) is 0 Å². The molecule has 142 valence electrons. The van der Waals surface area contributed by atoms with Crippen molar-refractivity contribution in [2.75, 3.05) is 20.3 Å². The summed E-state index contributed by atoms with van der Waals surface area (Å²) in [7, 11) is 1.50. The van der Waals surface area contributed by atoms with Gasteiger partial charge in [-0.2, -0.15) is 0 Å². The summed E-state index contributed by atoms with van der Waals surface area (Å²) in [6.07, 6.45) is 0. The minimum Gasteiger partial charge on any atom is -0.497 e. The number of nitrogens with zero attached hydrogens (tertiary/aromatic N) is 1. The van der Waals surface area contributed by atoms with Crippen LogP contribution in [0.3, 0.4) is 0 Å². The van der Waals surface area contributed by atoms with E-state index in [-0.39, 0.29) is 6.61 Å². The Morgan fingerprint density at radius 2 is 1.70 bits per heavy atom. The third-order valence-electron chi connectivity index (χ3n) is 4.17. The minimum atomic E-state index is -1.31. The van der Waals surface area contributed by atoms with E-state index in [1.54, 1.807) is 61.5 Å². The molecule has 0 amide bonds. The fourth-order valence-corrected chi connectivity index (χ4v) is 2.88. The molecule has 0 aliphatic heterocycles. The van der Waals surface area contributed by atoms with E-state index in [9.17, 15) is 19.7 Å². The average molecular weight is 371 g/mol. The van der Waals surface area contributed by atoms with Crippen molar-refractivity contribution in [1.29, 1.82) is 0 Å². The normalized spacial score (nSPS) is 12.7. The number of esters is 1. The third kappa shape index (κ3) is 5.13. The van der Waals surface area contributed by atoms with Crippen LogP contribution in [0.2, 0.25) is 0 Å². The topological polar surface area (TPSA) is 95.7 Å². The number of hydrogen-bond acceptors (Lipinski definition) is 6. The molecular weight excluding hydrogens is 350 g/mol. The second-order valence-electron chi connectivity index (χ2n) is 5.85. The molecule has 0 bridgehead atoms. The maximum Gasteiger partial charge on any atom is 0.317 e. The number of ketones is 1. The van der Waals surface area contributed by atoms with E-state index in [1.165, 1.54) is 7.11 Å². The number of nitro groups is 1. The molecule has 0 aromatic heterocycles. The van der Waals surface area contributed by atoms with Crippen LogP contribution >= 0.6 is 0 Å². The predicted molar refractivity (Wildman–Crippen MR) is 98.5 cm³/mol. The van der Waals surface area contributed by atoms with E-state index >= 15 is 0 Å². The van der Waals surface area contributed by atoms with Crippen molar-refractivity contribution >= 4 is 11.8 Å². The second-order valence-corrected chi connectivity index (χ2v) is 5.85. The molecular formula is C20H21NO6. The summed E-state index contributed by atoms with van der Waals surface area (Å²) in [6.45, 7) is 1.12. The number of methoxy groups -OCH3 is 1. The quantitative estimate of drug-likeness (QED) is 0.221. The van der Waals surface area contributed by atoms with Crippen LogP contribution < -0.4 is 4.74 Å². The van der Waals surface area contributed by atoms with Gasteiger partial charge < -0.3 is 9.47 Å². The fourth-order valence-electron chi connectivity index (χ4n) is 2.88. The van der Waals surface area contributed by atoms with Crippen molar-refractivity contribution in [3.63, 3.8) is 0 Å². The van der Waals surface area contributed by atoms with Crippen molar-refractivity contribution < 1.29 is 24.0 Å². The van der Waals surface area contributed by atoms with Crippen LogP contribution in [0.25, 0.3) is 0 Å². The van der Waals surface area contributed by atoms with E-state index in [4.69, 9.17) is 9.47 Å². The first-order chi connectivity index (χ1) is 13.0. The van der Waals surface area contributed by atoms with Gasteiger partial charge in [0.25, 0.3) is 0 Å². The lowest BCUT2D eigenvalue weighted by Gasteiger charge is -2.22. The molecule has 0 saturated carbocycles. The first-order valence-corrected chi connectivity index (χ1v) is 8.49. The number of ether oxygens (including phenoxy) is 2. The lowest BCUT2D eigenvalue weighted by molar-refractivity contribution is -0.484. The molecule has 0 radical (unpaired) electrons. The van der Waals surface area contributed by atoms with E-state index in [0.717, 1.165) is 0 Å². The lowest BCUT2D eigenvalue weighted by atomic mass is 9.81. The van der Waals surface area contributed by atoms with E-state index < -0.39 is 35.1 Å². The molecule has 7 heteroatoms. The molecule has 2 aromatic rings. The Kier molecular flexibility index (Phi) is 7.05. The molecule has 0 heterocycles. The van der Waals surface area contributed by atoms with Crippen LogP contribution in [0.1, 0.15) is 28.8 Å². The smallest absolute Gasteiger partial charge is 0.317 e. The van der Waals surface area contributed by atoms with Crippen molar-refractivity contribution in [1.82, 2.24) is 0 Å². The summed E-state index contributed by atoms with van der Waals surface area (Å²) in [5.41, 5.74) is 0.798. The molecule has 0 spiro atoms. The van der Waals surface area contributed by atoms with Gasteiger partial charge in [-0.3, -0.25) is 19.7 Å². The highest BCUT2D eigenvalue weighted by Crippen LogP contribution is 2.30. The Morgan fingerprint density at radius 1 is 1.07 bits per heavy atom. The van der Waals surface area contributed by atoms with Gasteiger partial charge in [0.1, 0.15) is 11.7 Å². The van der Waals surface area contributed by atoms with Gasteiger partial charge in [-0.25, -0.2) is 0 Å². The Hall–Kier alpha value is -3.22. The monoisotopic (exact) mass is 371 g/mol. The van der Waals surface area contributed by atoms with E-state index in [0.29, 0.717) is 16.9 Å². The standard InChI is InChI=1S/C20H21NO6/c1-3-27-20(23)18(19(22)15-7-5-4-6-8-15)17(13-21(24)25)14-9-11-16(26-2)12-10-14/h4-12,17-18H,3,13H2,1-2H3. The zero-order valence-electron chi connectivity index (χ0n) is 15.2. The maximum atomic E-state index is 13.0. The van der Waals surface area contributed by atoms with Gasteiger partial charge in [0.05, 0.1) is 19.6 Å². The number of rotatable bonds is 9. The zero-order chi connectivity index (χ0) is 19.8. The summed E-state index contributed by atoms with van der Waals surface area (Å²) in [5.74, 6) is -2.98. The molecule has 2 atom stereocenters. The lowest BCUT2D eigenvalue weighted by Crippen LogP contribution is -2.35. The molecule has 0 aliphatic rings. The molecule has 2 rings (SSSR count). The van der Waals surface area contributed by atoms with Crippen LogP contribution in [0.4, 0.5) is 0 Å². The summed E-state index contributed by atoms with van der Waals surface area (Å²) in [6, 6.07) is 14.8. The van der Waals surface area contributed by atoms with Crippen LogP contribution in [0.15, 0.2) is 54.6 Å². The molecule has 2 unspecified atom stereocenters. The Labute approximate surface area is 157 Å². The minimum absolute atomic E-state index is 0.0746. The van der Waals surface area contributed by atoms with Crippen molar-refractivity contribution in [3.8, 4) is 5.75 Å². The van der Waals surface area contributed by atoms with Crippen LogP contribution in [0, 0.1) is 16.0 Å². The molecule has 0 aliphatic carbocycles. The summed E-state index contributed by atoms with van der Waals surface area (Å²) in [4.78, 5) is 36.4. The van der Waals surface area contributed by atoms with Gasteiger partial charge in [-0.15, -0.1) is 0 Å². The Morgan fingerprint density at radius 3 is 2.22 bits per heavy atom. The molecule has 27 heavy (non-hydrogen) atoms. The molecule has 0 N–H and O–H groups in total. The first kappa shape index (κ1) is 20.1. The number of hydrogen-bond donors (Lipinski definition) is 0. The SMILES string of the molecule is CCOC(=O)C(C(=O)c1ccccc1)C(C[N+](=O)[O-])c1ccc(OC)cc1. The third-order valence-corrected chi connectivity index (χ3v) is 4.17. The van der Waals surface area contributed by atoms with Crippen molar-refractivity contribution in [2.45, 2.75) is 12.8 Å². The predicted octanol–water partition coefficient (Wildman–Crippen LogP) is 3.12. The Balaban J connectivity index is 2.49. The highest BCUT2D eigenvalue weighted by molar-refractivity contribution is 6.09. The first-order valence-electron chi connectivity index (χ1n) is 8.49. The molecule has 0 fully saturated rings. The highest BCUT2D eigenvalue weighted by Gasteiger charge is 2.40. The average Bonchev–Trinajstić information content (AvgIpc) is 2.68.